The number of halogens is 1. The lowest BCUT2D eigenvalue weighted by molar-refractivity contribution is 0.583. The Balaban J connectivity index is 2.16. The molecule has 0 aliphatic rings. The van der Waals surface area contributed by atoms with Gasteiger partial charge in [0.1, 0.15) is 4.21 Å². The molecule has 96 valence electrons. The Morgan fingerprint density at radius 3 is 2.83 bits per heavy atom. The van der Waals surface area contributed by atoms with Gasteiger partial charge in [0.25, 0.3) is 10.0 Å². The molecule has 0 atom stereocenters. The first kappa shape index (κ1) is 13.7. The third kappa shape index (κ3) is 2.97. The molecule has 2 aromatic heterocycles. The quantitative estimate of drug-likeness (QED) is 0.925. The van der Waals surface area contributed by atoms with Crippen LogP contribution in [-0.4, -0.2) is 13.4 Å². The standard InChI is InChI=1S/C11H11BrN2O2S2/c1-8-2-4-13-6-9(8)7-14-18(15,16)11-10(12)3-5-17-11/h2-6,14H,7H2,1H3. The maximum atomic E-state index is 12.0. The second kappa shape index (κ2) is 5.48. The van der Waals surface area contributed by atoms with Crippen molar-refractivity contribution >= 4 is 37.3 Å². The van der Waals surface area contributed by atoms with E-state index < -0.39 is 10.0 Å². The van der Waals surface area contributed by atoms with Gasteiger partial charge in [0, 0.05) is 23.4 Å². The molecule has 0 aliphatic heterocycles. The summed E-state index contributed by atoms with van der Waals surface area (Å²) in [6.07, 6.45) is 3.35. The molecule has 0 amide bonds. The fourth-order valence-electron chi connectivity index (χ4n) is 1.39. The first-order valence-electron chi connectivity index (χ1n) is 5.13. The summed E-state index contributed by atoms with van der Waals surface area (Å²) in [6.45, 7) is 2.17. The van der Waals surface area contributed by atoms with Gasteiger partial charge in [-0.3, -0.25) is 4.98 Å². The molecule has 0 saturated carbocycles. The zero-order valence-electron chi connectivity index (χ0n) is 9.55. The van der Waals surface area contributed by atoms with Crippen molar-refractivity contribution in [1.29, 1.82) is 0 Å². The highest BCUT2D eigenvalue weighted by Crippen LogP contribution is 2.27. The Morgan fingerprint density at radius 1 is 1.44 bits per heavy atom. The molecule has 0 spiro atoms. The SMILES string of the molecule is Cc1ccncc1CNS(=O)(=O)c1sccc1Br. The molecule has 4 nitrogen and oxygen atoms in total. The highest BCUT2D eigenvalue weighted by molar-refractivity contribution is 9.10. The van der Waals surface area contributed by atoms with Crippen LogP contribution < -0.4 is 4.72 Å². The Labute approximate surface area is 118 Å². The molecule has 0 aromatic carbocycles. The zero-order chi connectivity index (χ0) is 13.2. The van der Waals surface area contributed by atoms with Gasteiger partial charge >= 0.3 is 0 Å². The summed E-state index contributed by atoms with van der Waals surface area (Å²) >= 11 is 4.40. The van der Waals surface area contributed by atoms with Gasteiger partial charge in [-0.1, -0.05) is 0 Å². The van der Waals surface area contributed by atoms with E-state index in [0.717, 1.165) is 11.1 Å². The number of sulfonamides is 1. The first-order valence-corrected chi connectivity index (χ1v) is 8.28. The number of nitrogens with one attached hydrogen (secondary N) is 1. The molecule has 0 fully saturated rings. The Bertz CT molecular complexity index is 653. The molecule has 0 bridgehead atoms. The van der Waals surface area contributed by atoms with Crippen LogP contribution in [0.3, 0.4) is 0 Å². The average Bonchev–Trinajstić information content (AvgIpc) is 2.75. The van der Waals surface area contributed by atoms with Crippen LogP contribution in [-0.2, 0) is 16.6 Å². The smallest absolute Gasteiger partial charge is 0.251 e. The first-order chi connectivity index (χ1) is 8.50. The van der Waals surface area contributed by atoms with Crippen molar-refractivity contribution in [3.8, 4) is 0 Å². The summed E-state index contributed by atoms with van der Waals surface area (Å²) in [6, 6.07) is 3.57. The van der Waals surface area contributed by atoms with E-state index in [2.05, 4.69) is 25.6 Å². The molecule has 18 heavy (non-hydrogen) atoms. The van der Waals surface area contributed by atoms with Crippen LogP contribution >= 0.6 is 27.3 Å². The minimum absolute atomic E-state index is 0.242. The number of thiophene rings is 1. The number of aromatic nitrogens is 1. The van der Waals surface area contributed by atoms with Gasteiger partial charge in [0.05, 0.1) is 0 Å². The largest absolute Gasteiger partial charge is 0.264 e. The molecule has 0 radical (unpaired) electrons. The fourth-order valence-corrected chi connectivity index (χ4v) is 4.78. The van der Waals surface area contributed by atoms with Gasteiger partial charge in [-0.25, -0.2) is 13.1 Å². The lowest BCUT2D eigenvalue weighted by Gasteiger charge is -2.07. The van der Waals surface area contributed by atoms with Crippen molar-refractivity contribution in [2.24, 2.45) is 0 Å². The van der Waals surface area contributed by atoms with Gasteiger partial charge in [0.15, 0.2) is 0 Å². The molecular formula is C11H11BrN2O2S2. The third-order valence-electron chi connectivity index (χ3n) is 2.43. The zero-order valence-corrected chi connectivity index (χ0v) is 12.8. The van der Waals surface area contributed by atoms with E-state index in [1.54, 1.807) is 23.8 Å². The second-order valence-corrected chi connectivity index (χ2v) is 7.42. The fraction of sp³-hybridized carbons (Fsp3) is 0.182. The number of hydrogen-bond acceptors (Lipinski definition) is 4. The molecule has 0 unspecified atom stereocenters. The van der Waals surface area contributed by atoms with E-state index in [-0.39, 0.29) is 6.54 Å². The van der Waals surface area contributed by atoms with Crippen LogP contribution in [0.2, 0.25) is 0 Å². The molecule has 2 heterocycles. The predicted octanol–water partition coefficient (Wildman–Crippen LogP) is 2.69. The van der Waals surface area contributed by atoms with E-state index in [4.69, 9.17) is 0 Å². The molecule has 2 aromatic rings. The van der Waals surface area contributed by atoms with Gasteiger partial charge in [-0.15, -0.1) is 11.3 Å². The van der Waals surface area contributed by atoms with Crippen LogP contribution in [0.25, 0.3) is 0 Å². The number of hydrogen-bond donors (Lipinski definition) is 1. The third-order valence-corrected chi connectivity index (χ3v) is 6.50. The summed E-state index contributed by atoms with van der Waals surface area (Å²) < 4.78 is 27.5. The summed E-state index contributed by atoms with van der Waals surface area (Å²) in [5.41, 5.74) is 1.88. The number of pyridine rings is 1. The van der Waals surface area contributed by atoms with E-state index in [9.17, 15) is 8.42 Å². The van der Waals surface area contributed by atoms with Crippen LogP contribution in [0.15, 0.2) is 38.6 Å². The van der Waals surface area contributed by atoms with E-state index in [1.165, 1.54) is 11.3 Å². The maximum Gasteiger partial charge on any atom is 0.251 e. The van der Waals surface area contributed by atoms with Gasteiger partial charge < -0.3 is 0 Å². The van der Waals surface area contributed by atoms with E-state index in [1.807, 2.05) is 13.0 Å². The van der Waals surface area contributed by atoms with Gasteiger partial charge in [0.2, 0.25) is 0 Å². The van der Waals surface area contributed by atoms with E-state index in [0.29, 0.717) is 8.68 Å². The van der Waals surface area contributed by atoms with E-state index >= 15 is 0 Å². The monoisotopic (exact) mass is 346 g/mol. The van der Waals surface area contributed by atoms with Crippen molar-refractivity contribution < 1.29 is 8.42 Å². The summed E-state index contributed by atoms with van der Waals surface area (Å²) in [5, 5.41) is 1.73. The normalized spacial score (nSPS) is 11.7. The average molecular weight is 347 g/mol. The molecule has 0 aliphatic carbocycles. The molecule has 0 saturated heterocycles. The van der Waals surface area contributed by atoms with Crippen molar-refractivity contribution in [2.75, 3.05) is 0 Å². The number of aryl methyl sites for hydroxylation is 1. The number of rotatable bonds is 4. The van der Waals surface area contributed by atoms with Crippen LogP contribution in [0.4, 0.5) is 0 Å². The predicted molar refractivity (Wildman–Crippen MR) is 75.0 cm³/mol. The highest BCUT2D eigenvalue weighted by Gasteiger charge is 2.18. The number of nitrogens with zero attached hydrogens (tertiary/aromatic N) is 1. The maximum absolute atomic E-state index is 12.0. The van der Waals surface area contributed by atoms with Crippen LogP contribution in [0.1, 0.15) is 11.1 Å². The molecule has 2 rings (SSSR count). The van der Waals surface area contributed by atoms with Crippen molar-refractivity contribution in [2.45, 2.75) is 17.7 Å². The minimum Gasteiger partial charge on any atom is -0.264 e. The van der Waals surface area contributed by atoms with Crippen molar-refractivity contribution in [3.63, 3.8) is 0 Å². The van der Waals surface area contributed by atoms with Crippen molar-refractivity contribution in [1.82, 2.24) is 9.71 Å². The second-order valence-electron chi connectivity index (χ2n) is 3.68. The van der Waals surface area contributed by atoms with Gasteiger partial charge in [-0.2, -0.15) is 0 Å². The van der Waals surface area contributed by atoms with Crippen molar-refractivity contribution in [3.05, 3.63) is 45.5 Å². The molecular weight excluding hydrogens is 336 g/mol. The lowest BCUT2D eigenvalue weighted by Crippen LogP contribution is -2.23. The summed E-state index contributed by atoms with van der Waals surface area (Å²) in [7, 11) is -3.47. The Morgan fingerprint density at radius 2 is 2.22 bits per heavy atom. The topological polar surface area (TPSA) is 59.1 Å². The summed E-state index contributed by atoms with van der Waals surface area (Å²) in [5.74, 6) is 0. The van der Waals surface area contributed by atoms with Gasteiger partial charge in [-0.05, 0) is 51.5 Å². The molecule has 1 N–H and O–H groups in total. The highest BCUT2D eigenvalue weighted by atomic mass is 79.9. The summed E-state index contributed by atoms with van der Waals surface area (Å²) in [4.78, 5) is 3.98. The Hall–Kier alpha value is -0.760. The minimum atomic E-state index is -3.47. The van der Waals surface area contributed by atoms with Crippen LogP contribution in [0, 0.1) is 6.92 Å². The van der Waals surface area contributed by atoms with Crippen LogP contribution in [0.5, 0.6) is 0 Å². The molecule has 7 heteroatoms. The Kier molecular flexibility index (Phi) is 4.16. The lowest BCUT2D eigenvalue weighted by atomic mass is 10.2.